The molecule has 1 atom stereocenters. The Hall–Kier alpha value is -4.56. The van der Waals surface area contributed by atoms with E-state index in [1.54, 1.807) is 35.3 Å². The van der Waals surface area contributed by atoms with Crippen LogP contribution in [-0.4, -0.2) is 126 Å². The molecule has 0 spiro atoms. The average molecular weight is 846 g/mol. The number of fused-ring (bicyclic) bond motifs is 2. The number of amides is 1. The molecule has 4 aromatic heterocycles. The van der Waals surface area contributed by atoms with Gasteiger partial charge in [-0.1, -0.05) is 60.7 Å². The number of nitrogens with zero attached hydrogens (tertiary/aromatic N) is 9. The molecule has 4 aliphatic heterocycles. The molecule has 10 nitrogen and oxygen atoms in total. The van der Waals surface area contributed by atoms with Crippen LogP contribution in [0.2, 0.25) is 0 Å². The van der Waals surface area contributed by atoms with E-state index in [0.29, 0.717) is 31.3 Å². The molecule has 4 fully saturated rings. The Kier molecular flexibility index (Phi) is 12.9. The highest BCUT2D eigenvalue weighted by Crippen LogP contribution is 2.40. The van der Waals surface area contributed by atoms with Gasteiger partial charge in [0.2, 0.25) is 5.91 Å². The van der Waals surface area contributed by atoms with E-state index in [9.17, 15) is 9.18 Å². The van der Waals surface area contributed by atoms with Crippen LogP contribution in [0.25, 0.3) is 42.7 Å². The van der Waals surface area contributed by atoms with Gasteiger partial charge < -0.3 is 19.6 Å². The minimum atomic E-state index is -0.621. The highest BCUT2D eigenvalue weighted by molar-refractivity contribution is 7.17. The minimum Gasteiger partial charge on any atom is -0.356 e. The molecule has 4 aliphatic rings. The molecule has 0 unspecified atom stereocenters. The van der Waals surface area contributed by atoms with Crippen molar-refractivity contribution >= 4 is 60.6 Å². The number of likely N-dealkylation sites (N-methyl/N-ethyl adjacent to an activating group) is 1. The lowest BCUT2D eigenvalue weighted by Crippen LogP contribution is -2.42. The molecular weight excluding hydrogens is 790 g/mol. The Balaban J connectivity index is 0.000000155. The third-order valence-corrected chi connectivity index (χ3v) is 14.6. The fourth-order valence-corrected chi connectivity index (χ4v) is 11.5. The van der Waals surface area contributed by atoms with Gasteiger partial charge in [0.05, 0.1) is 17.3 Å². The van der Waals surface area contributed by atoms with E-state index < -0.39 is 6.17 Å². The summed E-state index contributed by atoms with van der Waals surface area (Å²) in [6, 6.07) is 21.0. The summed E-state index contributed by atoms with van der Waals surface area (Å²) < 4.78 is 13.4. The second kappa shape index (κ2) is 19.0. The first kappa shape index (κ1) is 40.8. The molecule has 0 radical (unpaired) electrons. The van der Waals surface area contributed by atoms with Crippen LogP contribution in [0, 0.1) is 11.8 Å². The standard InChI is InChI=1S/C25H31N5OS.C22H25FN4S/c1-28(16-22(31)29-11-5-6-12-29)15-19-9-13-30(14-10-19)24-23-21(20-7-3-2-4-8-20)17-32-25(23)27-18-26-24;23-18-8-9-26(13-18)12-16-6-10-27(11-7-16)21-20-19(17-4-2-1-3-5-17)14-28-22(20)25-15-24-21/h2-4,7-8,17-19H,5-6,9-16H2,1H3;1-5,14-16,18H,6-13H2/t;18-/m.0/s1. The van der Waals surface area contributed by atoms with Crippen molar-refractivity contribution in [3.8, 4) is 22.3 Å². The van der Waals surface area contributed by atoms with Gasteiger partial charge in [-0.05, 0) is 75.0 Å². The van der Waals surface area contributed by atoms with Gasteiger partial charge in [-0.2, -0.15) is 0 Å². The summed E-state index contributed by atoms with van der Waals surface area (Å²) in [5, 5.41) is 6.76. The summed E-state index contributed by atoms with van der Waals surface area (Å²) in [6.45, 7) is 10.00. The van der Waals surface area contributed by atoms with Crippen LogP contribution >= 0.6 is 22.7 Å². The number of benzene rings is 2. The maximum absolute atomic E-state index is 13.4. The average Bonchev–Trinajstić information content (AvgIpc) is 4.13. The van der Waals surface area contributed by atoms with E-state index in [2.05, 4.69) is 107 Å². The Bertz CT molecular complexity index is 2320. The number of carbonyl (C=O) groups excluding carboxylic acids is 1. The molecule has 8 heterocycles. The first-order valence-electron chi connectivity index (χ1n) is 21.8. The fourth-order valence-electron chi connectivity index (χ4n) is 9.63. The van der Waals surface area contributed by atoms with Gasteiger partial charge in [0.25, 0.3) is 0 Å². The molecule has 4 saturated heterocycles. The molecule has 13 heteroatoms. The van der Waals surface area contributed by atoms with E-state index in [-0.39, 0.29) is 5.91 Å². The van der Waals surface area contributed by atoms with E-state index in [4.69, 9.17) is 4.98 Å². The number of piperidine rings is 2. The topological polar surface area (TPSA) is 84.8 Å². The Morgan fingerprint density at radius 1 is 0.683 bits per heavy atom. The van der Waals surface area contributed by atoms with E-state index in [0.717, 1.165) is 119 Å². The van der Waals surface area contributed by atoms with Gasteiger partial charge in [-0.25, -0.2) is 24.3 Å². The van der Waals surface area contributed by atoms with Gasteiger partial charge in [0, 0.05) is 87.3 Å². The summed E-state index contributed by atoms with van der Waals surface area (Å²) in [5.74, 6) is 3.70. The van der Waals surface area contributed by atoms with Crippen molar-refractivity contribution < 1.29 is 9.18 Å². The zero-order chi connectivity index (χ0) is 40.8. The van der Waals surface area contributed by atoms with Crippen LogP contribution in [0.15, 0.2) is 84.1 Å². The summed E-state index contributed by atoms with van der Waals surface area (Å²) in [6.07, 6.45) is 10.3. The van der Waals surface area contributed by atoms with Crippen molar-refractivity contribution in [2.75, 3.05) is 88.8 Å². The molecule has 0 aliphatic carbocycles. The van der Waals surface area contributed by atoms with Crippen molar-refractivity contribution in [1.82, 2.24) is 34.6 Å². The normalized spacial score (nSPS) is 19.4. The van der Waals surface area contributed by atoms with Gasteiger partial charge in [-0.3, -0.25) is 9.69 Å². The quantitative estimate of drug-likeness (QED) is 0.135. The monoisotopic (exact) mass is 845 g/mol. The molecule has 0 saturated carbocycles. The van der Waals surface area contributed by atoms with E-state index in [1.807, 2.05) is 11.0 Å². The predicted molar refractivity (Wildman–Crippen MR) is 245 cm³/mol. The summed E-state index contributed by atoms with van der Waals surface area (Å²) in [4.78, 5) is 44.4. The maximum Gasteiger partial charge on any atom is 0.236 e. The van der Waals surface area contributed by atoms with Gasteiger partial charge in [0.1, 0.15) is 40.1 Å². The van der Waals surface area contributed by atoms with Gasteiger partial charge in [0.15, 0.2) is 0 Å². The van der Waals surface area contributed by atoms with Gasteiger partial charge in [-0.15, -0.1) is 22.7 Å². The summed E-state index contributed by atoms with van der Waals surface area (Å²) >= 11 is 3.38. The van der Waals surface area contributed by atoms with Crippen LogP contribution in [0.3, 0.4) is 0 Å². The molecule has 10 rings (SSSR count). The van der Waals surface area contributed by atoms with Crippen LogP contribution in [-0.2, 0) is 4.79 Å². The number of anilines is 2. The number of alkyl halides is 1. The first-order valence-corrected chi connectivity index (χ1v) is 23.6. The van der Waals surface area contributed by atoms with Crippen molar-refractivity contribution in [1.29, 1.82) is 0 Å². The predicted octanol–water partition coefficient (Wildman–Crippen LogP) is 8.75. The van der Waals surface area contributed by atoms with Crippen molar-refractivity contribution in [3.63, 3.8) is 0 Å². The van der Waals surface area contributed by atoms with Gasteiger partial charge >= 0.3 is 0 Å². The molecule has 0 N–H and O–H groups in total. The highest BCUT2D eigenvalue weighted by atomic mass is 32.1. The SMILES string of the molecule is CN(CC(=O)N1CCCC1)CC1CCN(c2ncnc3scc(-c4ccccc4)c23)CC1.F[C@H]1CCN(CC2CCN(c3ncnc4scc(-c5ccccc5)c34)CC2)C1. The first-order chi connectivity index (χ1) is 29.5. The lowest BCUT2D eigenvalue weighted by atomic mass is 9.96. The largest absolute Gasteiger partial charge is 0.356 e. The van der Waals surface area contributed by atoms with Crippen molar-refractivity contribution in [3.05, 3.63) is 84.1 Å². The second-order valence-electron chi connectivity index (χ2n) is 17.1. The number of carbonyl (C=O) groups is 1. The molecule has 2 aromatic carbocycles. The third-order valence-electron chi connectivity index (χ3n) is 12.9. The number of likely N-dealkylation sites (tertiary alicyclic amines) is 2. The van der Waals surface area contributed by atoms with Crippen molar-refractivity contribution in [2.24, 2.45) is 11.8 Å². The number of aromatic nitrogens is 4. The molecular formula is C47H56FN9OS2. The molecule has 6 aromatic rings. The zero-order valence-electron chi connectivity index (χ0n) is 34.7. The number of hydrogen-bond acceptors (Lipinski definition) is 11. The second-order valence-corrected chi connectivity index (χ2v) is 18.8. The minimum absolute atomic E-state index is 0.289. The van der Waals surface area contributed by atoms with Crippen LogP contribution in [0.1, 0.15) is 44.9 Å². The summed E-state index contributed by atoms with van der Waals surface area (Å²) in [5.41, 5.74) is 4.89. The number of hydrogen-bond donors (Lipinski definition) is 0. The number of rotatable bonds is 10. The van der Waals surface area contributed by atoms with Crippen molar-refractivity contribution in [2.45, 2.75) is 51.1 Å². The summed E-state index contributed by atoms with van der Waals surface area (Å²) in [7, 11) is 2.09. The lowest BCUT2D eigenvalue weighted by Gasteiger charge is -2.35. The molecule has 60 heavy (non-hydrogen) atoms. The molecule has 0 bridgehead atoms. The maximum atomic E-state index is 13.4. The van der Waals surface area contributed by atoms with Crippen LogP contribution in [0.5, 0.6) is 0 Å². The fraction of sp³-hybridized carbons (Fsp3) is 0.468. The van der Waals surface area contributed by atoms with Crippen LogP contribution in [0.4, 0.5) is 16.0 Å². The molecule has 314 valence electrons. The number of thiophene rings is 2. The third kappa shape index (κ3) is 9.34. The smallest absolute Gasteiger partial charge is 0.236 e. The Morgan fingerprint density at radius 2 is 1.20 bits per heavy atom. The Morgan fingerprint density at radius 3 is 1.70 bits per heavy atom. The highest BCUT2D eigenvalue weighted by Gasteiger charge is 2.29. The van der Waals surface area contributed by atoms with E-state index >= 15 is 0 Å². The van der Waals surface area contributed by atoms with Crippen LogP contribution < -0.4 is 9.80 Å². The lowest BCUT2D eigenvalue weighted by molar-refractivity contribution is -0.131. The Labute approximate surface area is 361 Å². The number of halogens is 1. The van der Waals surface area contributed by atoms with E-state index in [1.165, 1.54) is 33.0 Å². The molecule has 1 amide bonds. The zero-order valence-corrected chi connectivity index (χ0v) is 36.3.